The number of rotatable bonds is 4. The maximum Gasteiger partial charge on any atom is 0.254 e. The van der Waals surface area contributed by atoms with Crippen LogP contribution in [0.3, 0.4) is 0 Å². The minimum Gasteiger partial charge on any atom is -0.338 e. The van der Waals surface area contributed by atoms with Gasteiger partial charge in [-0.3, -0.25) is 4.79 Å². The lowest BCUT2D eigenvalue weighted by atomic mass is 9.77. The number of nitrogens with one attached hydrogen (secondary N) is 1. The third-order valence-electron chi connectivity index (χ3n) is 7.22. The predicted octanol–water partition coefficient (Wildman–Crippen LogP) is 5.02. The number of likely N-dealkylation sites (tertiary alicyclic amines) is 1. The summed E-state index contributed by atoms with van der Waals surface area (Å²) in [6.07, 6.45) is 5.54. The van der Waals surface area contributed by atoms with Gasteiger partial charge < -0.3 is 9.88 Å². The summed E-state index contributed by atoms with van der Waals surface area (Å²) in [4.78, 5) is 18.3. The molecular weight excluding hydrogens is 417 g/mol. The molecule has 2 aromatic carbocycles. The summed E-state index contributed by atoms with van der Waals surface area (Å²) in [5.41, 5.74) is 3.32. The summed E-state index contributed by atoms with van der Waals surface area (Å²) in [6, 6.07) is 12.8. The Bertz CT molecular complexity index is 1200. The molecule has 2 aliphatic rings. The lowest BCUT2D eigenvalue weighted by molar-refractivity contribution is 0.0421. The zero-order chi connectivity index (χ0) is 23.0. The number of hydrogen-bond acceptors (Lipinski definition) is 4. The molecule has 168 valence electrons. The predicted molar refractivity (Wildman–Crippen MR) is 122 cm³/mol. The Hall–Kier alpha value is -3.53. The summed E-state index contributed by atoms with van der Waals surface area (Å²) in [5, 5.41) is 17.1. The van der Waals surface area contributed by atoms with Gasteiger partial charge in [-0.1, -0.05) is 24.6 Å². The average molecular weight is 444 g/mol. The van der Waals surface area contributed by atoms with Crippen LogP contribution in [-0.4, -0.2) is 39.1 Å². The summed E-state index contributed by atoms with van der Waals surface area (Å²) >= 11 is 0. The molecule has 1 saturated carbocycles. The molecule has 7 heteroatoms. The van der Waals surface area contributed by atoms with Gasteiger partial charge in [0.2, 0.25) is 0 Å². The molecule has 0 atom stereocenters. The highest BCUT2D eigenvalue weighted by Crippen LogP contribution is 2.42. The zero-order valence-corrected chi connectivity index (χ0v) is 18.6. The molecule has 5 rings (SSSR count). The number of aromatic amines is 1. The Kier molecular flexibility index (Phi) is 5.45. The molecule has 2 fully saturated rings. The fourth-order valence-corrected chi connectivity index (χ4v) is 4.93. The number of nitrogens with zero attached hydrogens (tertiary/aromatic N) is 4. The molecule has 0 unspecified atom stereocenters. The second kappa shape index (κ2) is 8.43. The number of benzene rings is 2. The van der Waals surface area contributed by atoms with Crippen LogP contribution in [0, 0.1) is 18.3 Å². The van der Waals surface area contributed by atoms with E-state index in [4.69, 9.17) is 5.26 Å². The van der Waals surface area contributed by atoms with Crippen molar-refractivity contribution in [2.24, 2.45) is 0 Å². The van der Waals surface area contributed by atoms with Crippen LogP contribution in [0.2, 0.25) is 0 Å². The van der Waals surface area contributed by atoms with Gasteiger partial charge in [0.15, 0.2) is 5.82 Å². The number of aromatic nitrogens is 3. The van der Waals surface area contributed by atoms with E-state index in [1.165, 1.54) is 12.0 Å². The maximum absolute atomic E-state index is 15.7. The minimum absolute atomic E-state index is 0.0738. The SMILES string of the molecule is Cc1cc(C2CCC2)c(-c2nnc[nH]2)cc1C(=O)N1CCC(F)(c2ccc(C#N)cc2)CC1. The number of carbonyl (C=O) groups excluding carboxylic acids is 1. The van der Waals surface area contributed by atoms with Crippen molar-refractivity contribution in [1.29, 1.82) is 5.26 Å². The topological polar surface area (TPSA) is 85.7 Å². The van der Waals surface area contributed by atoms with Crippen LogP contribution in [0.25, 0.3) is 11.4 Å². The van der Waals surface area contributed by atoms with E-state index in [0.717, 1.165) is 24.0 Å². The molecule has 1 amide bonds. The fraction of sp³-hybridized carbons (Fsp3) is 0.385. The molecular formula is C26H26FN5O. The molecule has 1 aliphatic heterocycles. The van der Waals surface area contributed by atoms with Gasteiger partial charge in [-0.05, 0) is 60.6 Å². The lowest BCUT2D eigenvalue weighted by Crippen LogP contribution is -2.43. The Balaban J connectivity index is 1.38. The number of halogens is 1. The number of aryl methyl sites for hydroxylation is 1. The largest absolute Gasteiger partial charge is 0.338 e. The molecule has 0 bridgehead atoms. The number of alkyl halides is 1. The molecule has 1 aromatic heterocycles. The maximum atomic E-state index is 15.7. The van der Waals surface area contributed by atoms with Crippen LogP contribution in [0.1, 0.15) is 70.6 Å². The first-order chi connectivity index (χ1) is 16.0. The molecule has 33 heavy (non-hydrogen) atoms. The van der Waals surface area contributed by atoms with Gasteiger partial charge in [-0.15, -0.1) is 10.2 Å². The van der Waals surface area contributed by atoms with E-state index in [1.54, 1.807) is 35.5 Å². The first-order valence-electron chi connectivity index (χ1n) is 11.5. The Morgan fingerprint density at radius 1 is 1.21 bits per heavy atom. The van der Waals surface area contributed by atoms with Crippen LogP contribution in [0.4, 0.5) is 4.39 Å². The van der Waals surface area contributed by atoms with E-state index in [2.05, 4.69) is 27.3 Å². The van der Waals surface area contributed by atoms with Crippen molar-refractivity contribution in [3.05, 3.63) is 70.5 Å². The number of piperidine rings is 1. The first kappa shape index (κ1) is 21.3. The quantitative estimate of drug-likeness (QED) is 0.613. The lowest BCUT2D eigenvalue weighted by Gasteiger charge is -2.37. The Labute approximate surface area is 192 Å². The first-order valence-corrected chi connectivity index (χ1v) is 11.5. The van der Waals surface area contributed by atoms with Crippen LogP contribution in [0.5, 0.6) is 0 Å². The molecule has 2 heterocycles. The molecule has 1 aliphatic carbocycles. The Morgan fingerprint density at radius 2 is 1.94 bits per heavy atom. The zero-order valence-electron chi connectivity index (χ0n) is 18.6. The highest BCUT2D eigenvalue weighted by Gasteiger charge is 2.38. The van der Waals surface area contributed by atoms with E-state index in [0.29, 0.717) is 41.5 Å². The van der Waals surface area contributed by atoms with E-state index < -0.39 is 5.67 Å². The van der Waals surface area contributed by atoms with Crippen molar-refractivity contribution in [2.75, 3.05) is 13.1 Å². The number of carbonyl (C=O) groups is 1. The number of nitriles is 1. The van der Waals surface area contributed by atoms with Gasteiger partial charge >= 0.3 is 0 Å². The monoisotopic (exact) mass is 443 g/mol. The normalized spacial score (nSPS) is 17.9. The van der Waals surface area contributed by atoms with Crippen LogP contribution < -0.4 is 0 Å². The molecule has 6 nitrogen and oxygen atoms in total. The fourth-order valence-electron chi connectivity index (χ4n) is 4.93. The number of hydrogen-bond donors (Lipinski definition) is 1. The smallest absolute Gasteiger partial charge is 0.254 e. The van der Waals surface area contributed by atoms with Gasteiger partial charge in [0, 0.05) is 37.1 Å². The van der Waals surface area contributed by atoms with Crippen molar-refractivity contribution in [3.63, 3.8) is 0 Å². The van der Waals surface area contributed by atoms with E-state index >= 15 is 4.39 Å². The molecule has 3 aromatic rings. The molecule has 1 saturated heterocycles. The minimum atomic E-state index is -1.49. The van der Waals surface area contributed by atoms with Gasteiger partial charge in [-0.2, -0.15) is 5.26 Å². The van der Waals surface area contributed by atoms with E-state index in [1.807, 2.05) is 13.0 Å². The van der Waals surface area contributed by atoms with Crippen LogP contribution in [0.15, 0.2) is 42.7 Å². The van der Waals surface area contributed by atoms with Gasteiger partial charge in [0.05, 0.1) is 11.6 Å². The summed E-state index contributed by atoms with van der Waals surface area (Å²) in [7, 11) is 0. The van der Waals surface area contributed by atoms with E-state index in [-0.39, 0.29) is 18.7 Å². The average Bonchev–Trinajstić information content (AvgIpc) is 3.33. The second-order valence-electron chi connectivity index (χ2n) is 9.17. The second-order valence-corrected chi connectivity index (χ2v) is 9.17. The van der Waals surface area contributed by atoms with Crippen LogP contribution >= 0.6 is 0 Å². The number of amides is 1. The number of H-pyrrole nitrogens is 1. The van der Waals surface area contributed by atoms with Gasteiger partial charge in [-0.25, -0.2) is 4.39 Å². The Morgan fingerprint density at radius 3 is 2.52 bits per heavy atom. The van der Waals surface area contributed by atoms with Crippen molar-refractivity contribution in [2.45, 2.75) is 50.6 Å². The molecule has 0 radical (unpaired) electrons. The van der Waals surface area contributed by atoms with Crippen molar-refractivity contribution in [1.82, 2.24) is 20.1 Å². The highest BCUT2D eigenvalue weighted by molar-refractivity contribution is 5.97. The standard InChI is InChI=1S/C26H26FN5O/c1-17-13-22(19-3-2-4-19)23(24-29-16-30-31-24)14-21(17)25(33)32-11-9-26(27,10-12-32)20-7-5-18(15-28)6-8-20/h5-8,13-14,16,19H,2-4,9-12H2,1H3,(H,29,30,31). The third-order valence-corrected chi connectivity index (χ3v) is 7.22. The van der Waals surface area contributed by atoms with Gasteiger partial charge in [0.1, 0.15) is 12.0 Å². The van der Waals surface area contributed by atoms with Crippen molar-refractivity contribution in [3.8, 4) is 17.5 Å². The molecule has 1 N–H and O–H groups in total. The summed E-state index contributed by atoms with van der Waals surface area (Å²) in [6.45, 7) is 2.66. The third kappa shape index (κ3) is 3.91. The molecule has 0 spiro atoms. The summed E-state index contributed by atoms with van der Waals surface area (Å²) in [5.74, 6) is 1.09. The van der Waals surface area contributed by atoms with Gasteiger partial charge in [0.25, 0.3) is 5.91 Å². The summed E-state index contributed by atoms with van der Waals surface area (Å²) < 4.78 is 15.7. The van der Waals surface area contributed by atoms with Crippen molar-refractivity contribution >= 4 is 5.91 Å². The van der Waals surface area contributed by atoms with Crippen molar-refractivity contribution < 1.29 is 9.18 Å². The van der Waals surface area contributed by atoms with Crippen LogP contribution in [-0.2, 0) is 5.67 Å². The highest BCUT2D eigenvalue weighted by atomic mass is 19.1. The van der Waals surface area contributed by atoms with E-state index in [9.17, 15) is 4.79 Å².